The molecule has 1 N–H and O–H groups in total. The summed E-state index contributed by atoms with van der Waals surface area (Å²) in [5.41, 5.74) is 0.975. The quantitative estimate of drug-likeness (QED) is 0.305. The molecule has 1 amide bonds. The number of thioether (sulfide) groups is 1. The van der Waals surface area contributed by atoms with E-state index in [2.05, 4.69) is 5.32 Å². The molecule has 2 aromatic rings. The first-order valence-corrected chi connectivity index (χ1v) is 9.90. The molecule has 0 unspecified atom stereocenters. The Labute approximate surface area is 171 Å². The summed E-state index contributed by atoms with van der Waals surface area (Å²) >= 11 is 12.3. The number of benzene rings is 1. The van der Waals surface area contributed by atoms with Gasteiger partial charge in [-0.15, -0.1) is 0 Å². The molecule has 1 aromatic heterocycles. The maximum Gasteiger partial charge on any atom is 0.339 e. The van der Waals surface area contributed by atoms with Crippen molar-refractivity contribution in [3.8, 4) is 11.3 Å². The minimum atomic E-state index is -0.461. The number of rotatable bonds is 6. The van der Waals surface area contributed by atoms with Gasteiger partial charge in [-0.1, -0.05) is 48.9 Å². The van der Waals surface area contributed by atoms with Crippen LogP contribution in [0.5, 0.6) is 0 Å². The number of amides is 1. The van der Waals surface area contributed by atoms with Crippen molar-refractivity contribution in [2.45, 2.75) is 19.8 Å². The molecule has 1 aliphatic rings. The predicted molar refractivity (Wildman–Crippen MR) is 111 cm³/mol. The van der Waals surface area contributed by atoms with Crippen molar-refractivity contribution in [1.82, 2.24) is 5.32 Å². The number of carbonyl (C=O) groups is 2. The summed E-state index contributed by atoms with van der Waals surface area (Å²) in [6, 6.07) is 8.53. The second kappa shape index (κ2) is 8.73. The third-order valence-electron chi connectivity index (χ3n) is 3.74. The molecule has 2 heterocycles. The average Bonchev–Trinajstić information content (AvgIpc) is 3.22. The van der Waals surface area contributed by atoms with Gasteiger partial charge in [0.1, 0.15) is 15.8 Å². The van der Waals surface area contributed by atoms with E-state index < -0.39 is 5.97 Å². The fraction of sp³-hybridized carbons (Fsp3) is 0.211. The van der Waals surface area contributed by atoms with Crippen LogP contribution in [0.1, 0.15) is 35.9 Å². The summed E-state index contributed by atoms with van der Waals surface area (Å²) < 4.78 is 11.4. The number of esters is 1. The highest BCUT2D eigenvalue weighted by Gasteiger charge is 2.22. The van der Waals surface area contributed by atoms with Crippen molar-refractivity contribution in [2.24, 2.45) is 0 Å². The summed E-state index contributed by atoms with van der Waals surface area (Å²) in [6.07, 6.45) is 3.36. The van der Waals surface area contributed by atoms with Gasteiger partial charge in [0.05, 0.1) is 22.1 Å². The van der Waals surface area contributed by atoms with E-state index in [9.17, 15) is 9.59 Å². The first-order valence-electron chi connectivity index (χ1n) is 8.29. The second-order valence-electron chi connectivity index (χ2n) is 5.74. The van der Waals surface area contributed by atoms with Crippen molar-refractivity contribution in [3.63, 3.8) is 0 Å². The van der Waals surface area contributed by atoms with Gasteiger partial charge in [0.25, 0.3) is 5.91 Å². The zero-order valence-electron chi connectivity index (χ0n) is 14.4. The van der Waals surface area contributed by atoms with E-state index in [1.165, 1.54) is 11.8 Å². The SMILES string of the molecule is CCCCOC(=O)c1cc(-c2ccc(/C=C3\SC(=S)NC3=O)o2)ccc1Cl. The molecule has 140 valence electrons. The fourth-order valence-electron chi connectivity index (χ4n) is 2.36. The van der Waals surface area contributed by atoms with E-state index in [0.717, 1.165) is 12.8 Å². The van der Waals surface area contributed by atoms with E-state index in [0.29, 0.717) is 37.9 Å². The van der Waals surface area contributed by atoms with Gasteiger partial charge in [0.15, 0.2) is 0 Å². The van der Waals surface area contributed by atoms with Crippen LogP contribution in [-0.4, -0.2) is 22.8 Å². The molecule has 0 spiro atoms. The van der Waals surface area contributed by atoms with E-state index >= 15 is 0 Å². The molecule has 0 radical (unpaired) electrons. The Hall–Kier alpha value is -2.09. The predicted octanol–water partition coefficient (Wildman–Crippen LogP) is 5.05. The van der Waals surface area contributed by atoms with Gasteiger partial charge >= 0.3 is 5.97 Å². The number of unbranched alkanes of at least 4 members (excludes halogenated alkanes) is 1. The topological polar surface area (TPSA) is 68.5 Å². The Morgan fingerprint density at radius 3 is 2.89 bits per heavy atom. The van der Waals surface area contributed by atoms with Crippen LogP contribution >= 0.6 is 35.6 Å². The van der Waals surface area contributed by atoms with Gasteiger partial charge in [0, 0.05) is 11.6 Å². The van der Waals surface area contributed by atoms with Crippen LogP contribution in [0.4, 0.5) is 0 Å². The molecule has 8 heteroatoms. The molecule has 0 saturated carbocycles. The van der Waals surface area contributed by atoms with Crippen LogP contribution < -0.4 is 5.32 Å². The Bertz CT molecular complexity index is 936. The number of furan rings is 1. The molecule has 1 fully saturated rings. The van der Waals surface area contributed by atoms with Gasteiger partial charge in [-0.25, -0.2) is 4.79 Å². The number of hydrogen-bond donors (Lipinski definition) is 1. The Morgan fingerprint density at radius 2 is 2.19 bits per heavy atom. The third kappa shape index (κ3) is 4.80. The number of ether oxygens (including phenoxy) is 1. The standard InChI is InChI=1S/C19H16ClNO4S2/c1-2-3-8-24-18(23)13-9-11(4-6-14(13)20)15-7-5-12(25-15)10-16-17(22)21-19(26)27-16/h4-7,9-10H,2-3,8H2,1H3,(H,21,22,26)/b16-10-. The second-order valence-corrected chi connectivity index (χ2v) is 7.86. The molecule has 1 aromatic carbocycles. The van der Waals surface area contributed by atoms with Gasteiger partial charge in [-0.05, 0) is 36.8 Å². The minimum absolute atomic E-state index is 0.244. The number of nitrogens with one attached hydrogen (secondary N) is 1. The zero-order chi connectivity index (χ0) is 19.4. The smallest absolute Gasteiger partial charge is 0.339 e. The highest BCUT2D eigenvalue weighted by Crippen LogP contribution is 2.30. The summed E-state index contributed by atoms with van der Waals surface area (Å²) in [6.45, 7) is 2.38. The average molecular weight is 422 g/mol. The van der Waals surface area contributed by atoms with E-state index in [1.54, 1.807) is 36.4 Å². The van der Waals surface area contributed by atoms with E-state index in [-0.39, 0.29) is 11.5 Å². The van der Waals surface area contributed by atoms with Crippen LogP contribution in [0.2, 0.25) is 5.02 Å². The Morgan fingerprint density at radius 1 is 1.37 bits per heavy atom. The van der Waals surface area contributed by atoms with Crippen LogP contribution in [-0.2, 0) is 9.53 Å². The third-order valence-corrected chi connectivity index (χ3v) is 5.24. The maximum absolute atomic E-state index is 12.2. The van der Waals surface area contributed by atoms with Crippen molar-refractivity contribution < 1.29 is 18.7 Å². The Balaban J connectivity index is 1.81. The van der Waals surface area contributed by atoms with E-state index in [1.807, 2.05) is 6.92 Å². The molecular weight excluding hydrogens is 406 g/mol. The summed E-state index contributed by atoms with van der Waals surface area (Å²) in [7, 11) is 0. The molecule has 0 bridgehead atoms. The lowest BCUT2D eigenvalue weighted by Crippen LogP contribution is -2.17. The first kappa shape index (κ1) is 19.7. The van der Waals surface area contributed by atoms with Crippen LogP contribution in [0, 0.1) is 0 Å². The number of thiocarbonyl (C=S) groups is 1. The monoisotopic (exact) mass is 421 g/mol. The molecule has 1 aliphatic heterocycles. The summed E-state index contributed by atoms with van der Waals surface area (Å²) in [4.78, 5) is 24.4. The van der Waals surface area contributed by atoms with Gasteiger partial charge in [-0.2, -0.15) is 0 Å². The number of hydrogen-bond acceptors (Lipinski definition) is 6. The zero-order valence-corrected chi connectivity index (χ0v) is 16.8. The van der Waals surface area contributed by atoms with Crippen molar-refractivity contribution in [2.75, 3.05) is 6.61 Å². The van der Waals surface area contributed by atoms with Crippen molar-refractivity contribution >= 4 is 57.9 Å². The normalized spacial score (nSPS) is 15.3. The highest BCUT2D eigenvalue weighted by atomic mass is 35.5. The molecule has 0 atom stereocenters. The Kier molecular flexibility index (Phi) is 6.36. The fourth-order valence-corrected chi connectivity index (χ4v) is 3.58. The first-order chi connectivity index (χ1) is 13.0. The molecule has 3 rings (SSSR count). The van der Waals surface area contributed by atoms with E-state index in [4.69, 9.17) is 33.0 Å². The van der Waals surface area contributed by atoms with Gasteiger partial charge < -0.3 is 14.5 Å². The van der Waals surface area contributed by atoms with Crippen molar-refractivity contribution in [3.05, 3.63) is 51.6 Å². The van der Waals surface area contributed by atoms with Crippen LogP contribution in [0.3, 0.4) is 0 Å². The van der Waals surface area contributed by atoms with Gasteiger partial charge in [-0.3, -0.25) is 4.79 Å². The van der Waals surface area contributed by atoms with Crippen LogP contribution in [0.15, 0.2) is 39.7 Å². The molecule has 0 aliphatic carbocycles. The van der Waals surface area contributed by atoms with Crippen LogP contribution in [0.25, 0.3) is 17.4 Å². The van der Waals surface area contributed by atoms with Crippen molar-refractivity contribution in [1.29, 1.82) is 0 Å². The number of carbonyl (C=O) groups excluding carboxylic acids is 2. The molecule has 27 heavy (non-hydrogen) atoms. The lowest BCUT2D eigenvalue weighted by atomic mass is 10.1. The lowest BCUT2D eigenvalue weighted by Gasteiger charge is -2.07. The molecule has 1 saturated heterocycles. The molecule has 5 nitrogen and oxygen atoms in total. The summed E-state index contributed by atoms with van der Waals surface area (Å²) in [5.74, 6) is 0.352. The van der Waals surface area contributed by atoms with Gasteiger partial charge in [0.2, 0.25) is 0 Å². The number of halogens is 1. The lowest BCUT2D eigenvalue weighted by molar-refractivity contribution is -0.115. The highest BCUT2D eigenvalue weighted by molar-refractivity contribution is 8.26. The summed E-state index contributed by atoms with van der Waals surface area (Å²) in [5, 5.41) is 2.87. The largest absolute Gasteiger partial charge is 0.462 e. The molecular formula is C19H16ClNO4S2. The minimum Gasteiger partial charge on any atom is -0.462 e. The maximum atomic E-state index is 12.2.